The van der Waals surface area contributed by atoms with E-state index in [1.54, 1.807) is 6.07 Å². The molecule has 0 atom stereocenters. The molecule has 1 aliphatic heterocycles. The first-order valence-electron chi connectivity index (χ1n) is 8.45. The second kappa shape index (κ2) is 7.37. The number of carbonyl (C=O) groups is 1. The van der Waals surface area contributed by atoms with Crippen LogP contribution in [0.4, 0.5) is 5.69 Å². The van der Waals surface area contributed by atoms with E-state index in [0.717, 1.165) is 49.5 Å². The molecule has 1 fully saturated rings. The molecule has 1 aliphatic rings. The van der Waals surface area contributed by atoms with Gasteiger partial charge in [-0.3, -0.25) is 9.69 Å². The lowest BCUT2D eigenvalue weighted by atomic mass is 10.0. The van der Waals surface area contributed by atoms with Crippen LogP contribution in [0.25, 0.3) is 0 Å². The van der Waals surface area contributed by atoms with Gasteiger partial charge < -0.3 is 10.6 Å². The number of amides is 1. The molecule has 0 aliphatic carbocycles. The molecule has 0 aromatic heterocycles. The number of nitrogens with two attached hydrogens (primary N) is 1. The van der Waals surface area contributed by atoms with Crippen LogP contribution in [0.1, 0.15) is 27.0 Å². The van der Waals surface area contributed by atoms with Crippen molar-refractivity contribution in [3.05, 3.63) is 64.7 Å². The van der Waals surface area contributed by atoms with E-state index in [0.29, 0.717) is 11.1 Å². The minimum atomic E-state index is -0.375. The van der Waals surface area contributed by atoms with Crippen LogP contribution in [-0.2, 0) is 6.54 Å². The van der Waals surface area contributed by atoms with Crippen LogP contribution in [0.15, 0.2) is 42.5 Å². The zero-order valence-corrected chi connectivity index (χ0v) is 14.4. The molecule has 0 bridgehead atoms. The monoisotopic (exact) mass is 334 g/mol. The standard InChI is InChI=1S/C20H22N4O/c1-15-5-4-7-17(20(22)25)18(15)14-23-9-11-24(12-10-23)19-8-3-2-6-16(19)13-21/h2-8H,9-12,14H2,1H3,(H2,22,25). The Balaban J connectivity index is 1.70. The average molecular weight is 334 g/mol. The van der Waals surface area contributed by atoms with Gasteiger partial charge >= 0.3 is 0 Å². The first kappa shape index (κ1) is 17.0. The van der Waals surface area contributed by atoms with Crippen molar-refractivity contribution in [2.45, 2.75) is 13.5 Å². The molecular formula is C20H22N4O. The molecule has 2 aromatic carbocycles. The van der Waals surface area contributed by atoms with E-state index in [9.17, 15) is 10.1 Å². The molecule has 0 radical (unpaired) electrons. The number of anilines is 1. The summed E-state index contributed by atoms with van der Waals surface area (Å²) in [5.74, 6) is -0.375. The van der Waals surface area contributed by atoms with Gasteiger partial charge in [-0.2, -0.15) is 5.26 Å². The van der Waals surface area contributed by atoms with Crippen LogP contribution >= 0.6 is 0 Å². The lowest BCUT2D eigenvalue weighted by molar-refractivity contribution is 0.0998. The van der Waals surface area contributed by atoms with Gasteiger partial charge in [-0.1, -0.05) is 24.3 Å². The molecule has 128 valence electrons. The number of piperazine rings is 1. The SMILES string of the molecule is Cc1cccc(C(N)=O)c1CN1CCN(c2ccccc2C#N)CC1. The zero-order chi connectivity index (χ0) is 17.8. The van der Waals surface area contributed by atoms with Gasteiger partial charge in [0.25, 0.3) is 0 Å². The van der Waals surface area contributed by atoms with Gasteiger partial charge in [0.2, 0.25) is 5.91 Å². The summed E-state index contributed by atoms with van der Waals surface area (Å²) in [6.45, 7) is 6.21. The third-order valence-corrected chi connectivity index (χ3v) is 4.79. The van der Waals surface area contributed by atoms with Gasteiger partial charge in [-0.05, 0) is 36.2 Å². The van der Waals surface area contributed by atoms with Crippen LogP contribution in [0.5, 0.6) is 0 Å². The third kappa shape index (κ3) is 3.65. The molecular weight excluding hydrogens is 312 g/mol. The molecule has 2 aromatic rings. The van der Waals surface area contributed by atoms with Crippen molar-refractivity contribution in [3.63, 3.8) is 0 Å². The molecule has 0 spiro atoms. The van der Waals surface area contributed by atoms with Crippen molar-refractivity contribution >= 4 is 11.6 Å². The largest absolute Gasteiger partial charge is 0.368 e. The molecule has 3 rings (SSSR count). The summed E-state index contributed by atoms with van der Waals surface area (Å²) in [5, 5.41) is 9.28. The maximum Gasteiger partial charge on any atom is 0.249 e. The van der Waals surface area contributed by atoms with E-state index in [2.05, 4.69) is 15.9 Å². The van der Waals surface area contributed by atoms with Gasteiger partial charge in [0, 0.05) is 38.3 Å². The van der Waals surface area contributed by atoms with Crippen LogP contribution in [0.2, 0.25) is 0 Å². The molecule has 1 saturated heterocycles. The number of aryl methyl sites for hydroxylation is 1. The third-order valence-electron chi connectivity index (χ3n) is 4.79. The maximum atomic E-state index is 11.7. The lowest BCUT2D eigenvalue weighted by Crippen LogP contribution is -2.46. The average Bonchev–Trinajstić information content (AvgIpc) is 2.63. The Morgan fingerprint density at radius 1 is 1.12 bits per heavy atom. The number of nitrogens with zero attached hydrogens (tertiary/aromatic N) is 3. The number of primary amides is 1. The second-order valence-corrected chi connectivity index (χ2v) is 6.36. The van der Waals surface area contributed by atoms with Gasteiger partial charge in [-0.25, -0.2) is 0 Å². The summed E-state index contributed by atoms with van der Waals surface area (Å²) in [6.07, 6.45) is 0. The van der Waals surface area contributed by atoms with Crippen molar-refractivity contribution in [3.8, 4) is 6.07 Å². The van der Waals surface area contributed by atoms with Crippen molar-refractivity contribution in [2.24, 2.45) is 5.73 Å². The first-order valence-corrected chi connectivity index (χ1v) is 8.45. The van der Waals surface area contributed by atoms with Gasteiger partial charge in [0.05, 0.1) is 11.3 Å². The minimum absolute atomic E-state index is 0.375. The summed E-state index contributed by atoms with van der Waals surface area (Å²) >= 11 is 0. The molecule has 2 N–H and O–H groups in total. The van der Waals surface area contributed by atoms with Crippen molar-refractivity contribution in [1.29, 1.82) is 5.26 Å². The Bertz CT molecular complexity index is 817. The Morgan fingerprint density at radius 2 is 1.84 bits per heavy atom. The Kier molecular flexibility index (Phi) is 5.01. The van der Waals surface area contributed by atoms with Crippen LogP contribution in [0.3, 0.4) is 0 Å². The molecule has 5 nitrogen and oxygen atoms in total. The van der Waals surface area contributed by atoms with E-state index in [4.69, 9.17) is 5.73 Å². The number of hydrogen-bond donors (Lipinski definition) is 1. The number of rotatable bonds is 4. The number of carbonyl (C=O) groups excluding carboxylic acids is 1. The Hall–Kier alpha value is -2.84. The van der Waals surface area contributed by atoms with Gasteiger partial charge in [0.1, 0.15) is 6.07 Å². The highest BCUT2D eigenvalue weighted by atomic mass is 16.1. The fraction of sp³-hybridized carbons (Fsp3) is 0.300. The molecule has 0 saturated carbocycles. The fourth-order valence-corrected chi connectivity index (χ4v) is 3.36. The molecule has 1 heterocycles. The summed E-state index contributed by atoms with van der Waals surface area (Å²) in [6, 6.07) is 15.7. The quantitative estimate of drug-likeness (QED) is 0.931. The summed E-state index contributed by atoms with van der Waals surface area (Å²) < 4.78 is 0. The fourth-order valence-electron chi connectivity index (χ4n) is 3.36. The van der Waals surface area contributed by atoms with Crippen molar-refractivity contribution in [1.82, 2.24) is 4.90 Å². The minimum Gasteiger partial charge on any atom is -0.368 e. The van der Waals surface area contributed by atoms with E-state index in [1.807, 2.05) is 43.3 Å². The first-order chi connectivity index (χ1) is 12.1. The highest BCUT2D eigenvalue weighted by Crippen LogP contribution is 2.22. The van der Waals surface area contributed by atoms with Gasteiger partial charge in [-0.15, -0.1) is 0 Å². The normalized spacial score (nSPS) is 15.0. The van der Waals surface area contributed by atoms with E-state index in [1.165, 1.54) is 0 Å². The van der Waals surface area contributed by atoms with E-state index in [-0.39, 0.29) is 5.91 Å². The summed E-state index contributed by atoms with van der Waals surface area (Å²) in [7, 11) is 0. The lowest BCUT2D eigenvalue weighted by Gasteiger charge is -2.36. The number of nitriles is 1. The van der Waals surface area contributed by atoms with Crippen molar-refractivity contribution < 1.29 is 4.79 Å². The number of para-hydroxylation sites is 1. The summed E-state index contributed by atoms with van der Waals surface area (Å²) in [5.41, 5.74) is 9.95. The molecule has 5 heteroatoms. The predicted molar refractivity (Wildman–Crippen MR) is 98.3 cm³/mol. The van der Waals surface area contributed by atoms with Gasteiger partial charge in [0.15, 0.2) is 0 Å². The second-order valence-electron chi connectivity index (χ2n) is 6.36. The zero-order valence-electron chi connectivity index (χ0n) is 14.4. The van der Waals surface area contributed by atoms with E-state index < -0.39 is 0 Å². The Labute approximate surface area is 148 Å². The molecule has 1 amide bonds. The Morgan fingerprint density at radius 3 is 2.52 bits per heavy atom. The number of hydrogen-bond acceptors (Lipinski definition) is 4. The topological polar surface area (TPSA) is 73.4 Å². The number of benzene rings is 2. The maximum absolute atomic E-state index is 11.7. The highest BCUT2D eigenvalue weighted by Gasteiger charge is 2.21. The van der Waals surface area contributed by atoms with Crippen LogP contribution in [-0.4, -0.2) is 37.0 Å². The molecule has 25 heavy (non-hydrogen) atoms. The predicted octanol–water partition coefficient (Wildman–Crippen LogP) is 2.29. The summed E-state index contributed by atoms with van der Waals surface area (Å²) in [4.78, 5) is 16.3. The van der Waals surface area contributed by atoms with E-state index >= 15 is 0 Å². The van der Waals surface area contributed by atoms with Crippen molar-refractivity contribution in [2.75, 3.05) is 31.1 Å². The van der Waals surface area contributed by atoms with Crippen LogP contribution < -0.4 is 10.6 Å². The highest BCUT2D eigenvalue weighted by molar-refractivity contribution is 5.94. The smallest absolute Gasteiger partial charge is 0.249 e. The molecule has 0 unspecified atom stereocenters. The van der Waals surface area contributed by atoms with Crippen LogP contribution in [0, 0.1) is 18.3 Å².